The number of aliphatic hydroxyl groups excluding tert-OH is 1. The maximum Gasteiger partial charge on any atom is 0.262 e. The number of anilines is 2. The highest BCUT2D eigenvalue weighted by molar-refractivity contribution is 6.35. The number of fused-ring (bicyclic) bond motifs is 3. The summed E-state index contributed by atoms with van der Waals surface area (Å²) in [5, 5.41) is 15.3. The molecule has 4 atom stereocenters. The van der Waals surface area contributed by atoms with Crippen LogP contribution in [0.25, 0.3) is 10.9 Å². The fraction of sp³-hybridized carbons (Fsp3) is 0.543. The van der Waals surface area contributed by atoms with Crippen molar-refractivity contribution in [3.8, 4) is 0 Å². The van der Waals surface area contributed by atoms with E-state index in [1.54, 1.807) is 16.7 Å². The van der Waals surface area contributed by atoms with E-state index in [-0.39, 0.29) is 23.5 Å². The number of likely N-dealkylation sites (tertiary alicyclic amines) is 1. The summed E-state index contributed by atoms with van der Waals surface area (Å²) in [4.78, 5) is 40.4. The Morgan fingerprint density at radius 1 is 1.09 bits per heavy atom. The third-order valence-electron chi connectivity index (χ3n) is 11.2. The van der Waals surface area contributed by atoms with Crippen molar-refractivity contribution in [3.63, 3.8) is 0 Å². The molecule has 244 valence electrons. The fourth-order valence-electron chi connectivity index (χ4n) is 8.05. The van der Waals surface area contributed by atoms with Crippen molar-refractivity contribution in [2.75, 3.05) is 36.4 Å². The van der Waals surface area contributed by atoms with Gasteiger partial charge in [0.25, 0.3) is 5.56 Å². The molecule has 2 aliphatic heterocycles. The normalized spacial score (nSPS) is 26.2. The van der Waals surface area contributed by atoms with Gasteiger partial charge in [-0.1, -0.05) is 50.0 Å². The average Bonchev–Trinajstić information content (AvgIpc) is 3.00. The van der Waals surface area contributed by atoms with Crippen LogP contribution in [0.4, 0.5) is 11.6 Å². The van der Waals surface area contributed by atoms with Crippen molar-refractivity contribution in [1.82, 2.24) is 14.5 Å². The summed E-state index contributed by atoms with van der Waals surface area (Å²) in [6.45, 7) is 9.41. The third kappa shape index (κ3) is 5.79. The average molecular weight is 666 g/mol. The van der Waals surface area contributed by atoms with Crippen molar-refractivity contribution in [2.45, 2.75) is 71.6 Å². The first-order chi connectivity index (χ1) is 22.0. The SMILES string of the molecule is C[C@@H]1[C@@H](/N=C(/Nc2ccc3c(=O)n(CCc4ccc(Cl)cc4Cl)c(N4CCC(O)CC4)nc3c2)N2CC(=O)C2)C[C@@H]2C[C@H]1C2(C)C. The number of nitrogens with zero attached hydrogens (tertiary/aromatic N) is 5. The highest BCUT2D eigenvalue weighted by Gasteiger charge is 2.56. The molecule has 46 heavy (non-hydrogen) atoms. The summed E-state index contributed by atoms with van der Waals surface area (Å²) < 4.78 is 1.73. The number of aromatic nitrogens is 2. The van der Waals surface area contributed by atoms with Gasteiger partial charge in [0.1, 0.15) is 0 Å². The van der Waals surface area contributed by atoms with Crippen LogP contribution >= 0.6 is 23.2 Å². The van der Waals surface area contributed by atoms with E-state index in [0.717, 1.165) is 17.7 Å². The van der Waals surface area contributed by atoms with Crippen LogP contribution in [0.5, 0.6) is 0 Å². The Morgan fingerprint density at radius 2 is 1.85 bits per heavy atom. The molecule has 11 heteroatoms. The highest BCUT2D eigenvalue weighted by Crippen LogP contribution is 2.61. The van der Waals surface area contributed by atoms with Crippen LogP contribution in [-0.4, -0.2) is 69.6 Å². The fourth-order valence-corrected chi connectivity index (χ4v) is 8.56. The number of ketones is 1. The van der Waals surface area contributed by atoms with Gasteiger partial charge in [-0.25, -0.2) is 9.98 Å². The van der Waals surface area contributed by atoms with E-state index >= 15 is 0 Å². The monoisotopic (exact) mass is 664 g/mol. The Kier molecular flexibility index (Phi) is 8.31. The van der Waals surface area contributed by atoms with Crippen molar-refractivity contribution >= 4 is 57.5 Å². The van der Waals surface area contributed by atoms with Crippen LogP contribution < -0.4 is 15.8 Å². The molecule has 3 aliphatic carbocycles. The van der Waals surface area contributed by atoms with E-state index in [1.165, 1.54) is 6.42 Å². The van der Waals surface area contributed by atoms with Crippen LogP contribution in [0, 0.1) is 23.2 Å². The Balaban J connectivity index is 1.20. The topological polar surface area (TPSA) is 103 Å². The second-order valence-electron chi connectivity index (χ2n) is 14.3. The van der Waals surface area contributed by atoms with Crippen molar-refractivity contribution in [2.24, 2.45) is 28.2 Å². The highest BCUT2D eigenvalue weighted by atomic mass is 35.5. The van der Waals surface area contributed by atoms with Crippen LogP contribution in [0.15, 0.2) is 46.2 Å². The molecule has 0 spiro atoms. The number of hydrogen-bond acceptors (Lipinski definition) is 6. The molecule has 8 rings (SSSR count). The van der Waals surface area contributed by atoms with Gasteiger partial charge in [0, 0.05) is 35.4 Å². The second-order valence-corrected chi connectivity index (χ2v) is 15.1. The number of Topliss-reactive ketones (excluding diaryl/α,β-unsaturated/α-hetero) is 1. The first-order valence-electron chi connectivity index (χ1n) is 16.5. The standard InChI is InChI=1S/C35H42Cl2N6O3/c1-20-28-14-22(35(28,2)3)15-30(20)39-33(42-18-26(45)19-42)38-24-6-7-27-31(17-24)40-34(41-11-9-25(44)10-12-41)43(32(27)46)13-8-21-4-5-23(36)16-29(21)37/h4-7,16-17,20,22,25,28,30,44H,8-15,18-19H2,1-3H3,(H,38,39)/t20-,22-,28+,30-/m0/s1. The molecule has 5 fully saturated rings. The van der Waals surface area contributed by atoms with E-state index in [9.17, 15) is 14.7 Å². The molecule has 1 aromatic heterocycles. The predicted octanol–water partition coefficient (Wildman–Crippen LogP) is 5.63. The van der Waals surface area contributed by atoms with Gasteiger partial charge in [0.05, 0.1) is 36.1 Å². The predicted molar refractivity (Wildman–Crippen MR) is 184 cm³/mol. The number of aryl methyl sites for hydroxylation is 1. The van der Waals surface area contributed by atoms with Crippen LogP contribution in [0.2, 0.25) is 10.0 Å². The smallest absolute Gasteiger partial charge is 0.262 e. The molecule has 5 aliphatic rings. The number of guanidine groups is 1. The van der Waals surface area contributed by atoms with E-state index in [0.29, 0.717) is 108 Å². The lowest BCUT2D eigenvalue weighted by Crippen LogP contribution is -2.57. The number of benzene rings is 2. The van der Waals surface area contributed by atoms with Crippen molar-refractivity contribution in [3.05, 3.63) is 62.4 Å². The van der Waals surface area contributed by atoms with Gasteiger partial charge in [-0.2, -0.15) is 0 Å². The van der Waals surface area contributed by atoms with Crippen LogP contribution in [-0.2, 0) is 17.8 Å². The first-order valence-corrected chi connectivity index (χ1v) is 17.3. The van der Waals surface area contributed by atoms with Gasteiger partial charge in [-0.15, -0.1) is 0 Å². The van der Waals surface area contributed by atoms with E-state index < -0.39 is 0 Å². The zero-order valence-corrected chi connectivity index (χ0v) is 28.2. The van der Waals surface area contributed by atoms with Gasteiger partial charge in [0.2, 0.25) is 5.95 Å². The Bertz CT molecular complexity index is 1760. The maximum absolute atomic E-state index is 14.0. The molecular weight excluding hydrogens is 623 g/mol. The molecule has 3 heterocycles. The summed E-state index contributed by atoms with van der Waals surface area (Å²) in [5.41, 5.74) is 2.51. The number of piperidine rings is 1. The van der Waals surface area contributed by atoms with Gasteiger partial charge >= 0.3 is 0 Å². The third-order valence-corrected chi connectivity index (χ3v) is 11.8. The molecule has 9 nitrogen and oxygen atoms in total. The lowest BCUT2D eigenvalue weighted by atomic mass is 9.45. The molecule has 0 amide bonds. The van der Waals surface area contributed by atoms with E-state index in [1.807, 2.05) is 29.2 Å². The number of aliphatic imine (C=N–C) groups is 1. The van der Waals surface area contributed by atoms with Crippen LogP contribution in [0.1, 0.15) is 52.0 Å². The minimum Gasteiger partial charge on any atom is -0.393 e. The van der Waals surface area contributed by atoms with Gasteiger partial charge in [-0.3, -0.25) is 14.2 Å². The Labute approximate surface area is 279 Å². The number of carbonyl (C=O) groups excluding carboxylic acids is 1. The minimum absolute atomic E-state index is 0.122. The molecule has 3 saturated carbocycles. The number of aliphatic hydroxyl groups is 1. The number of carbonyl (C=O) groups is 1. The number of rotatable bonds is 6. The second kappa shape index (κ2) is 12.1. The zero-order chi connectivity index (χ0) is 32.3. The zero-order valence-electron chi connectivity index (χ0n) is 26.7. The summed E-state index contributed by atoms with van der Waals surface area (Å²) >= 11 is 12.6. The lowest BCUT2D eigenvalue weighted by Gasteiger charge is -2.61. The van der Waals surface area contributed by atoms with Crippen LogP contribution in [0.3, 0.4) is 0 Å². The molecule has 2 N–H and O–H groups in total. The molecule has 2 bridgehead atoms. The Morgan fingerprint density at radius 3 is 2.52 bits per heavy atom. The largest absolute Gasteiger partial charge is 0.393 e. The van der Waals surface area contributed by atoms with Gasteiger partial charge in [0.15, 0.2) is 11.7 Å². The molecule has 2 aromatic carbocycles. The summed E-state index contributed by atoms with van der Waals surface area (Å²) in [6.07, 6.45) is 3.77. The van der Waals surface area contributed by atoms with E-state index in [2.05, 4.69) is 31.0 Å². The number of halogens is 2. The minimum atomic E-state index is -0.351. The first kappa shape index (κ1) is 31.5. The Hall–Kier alpha value is -3.14. The number of nitrogens with one attached hydrogen (secondary N) is 1. The van der Waals surface area contributed by atoms with E-state index in [4.69, 9.17) is 33.2 Å². The quantitative estimate of drug-likeness (QED) is 0.260. The molecule has 0 unspecified atom stereocenters. The maximum atomic E-state index is 14.0. The molecular formula is C35H42Cl2N6O3. The summed E-state index contributed by atoms with van der Waals surface area (Å²) in [7, 11) is 0. The van der Waals surface area contributed by atoms with Gasteiger partial charge < -0.3 is 20.2 Å². The lowest BCUT2D eigenvalue weighted by molar-refractivity contribution is -0.126. The number of hydrogen-bond donors (Lipinski definition) is 2. The van der Waals surface area contributed by atoms with Gasteiger partial charge in [-0.05, 0) is 91.2 Å². The molecule has 2 saturated heterocycles. The van der Waals surface area contributed by atoms with Crippen molar-refractivity contribution < 1.29 is 9.90 Å². The molecule has 0 radical (unpaired) electrons. The summed E-state index contributed by atoms with van der Waals surface area (Å²) in [5.74, 6) is 3.32. The summed E-state index contributed by atoms with van der Waals surface area (Å²) in [6, 6.07) is 11.2. The van der Waals surface area contributed by atoms with Crippen molar-refractivity contribution in [1.29, 1.82) is 0 Å². The molecule has 3 aromatic rings.